The van der Waals surface area contributed by atoms with E-state index >= 15 is 0 Å². The number of carbonyl (C=O) groups is 1. The molecule has 0 aromatic rings. The monoisotopic (exact) mass is 294 g/mol. The lowest BCUT2D eigenvalue weighted by molar-refractivity contribution is -0.149. The Morgan fingerprint density at radius 1 is 1.15 bits per heavy atom. The van der Waals surface area contributed by atoms with Gasteiger partial charge in [0.2, 0.25) is 0 Å². The molecule has 8 nitrogen and oxygen atoms in total. The van der Waals surface area contributed by atoms with Crippen molar-refractivity contribution in [2.24, 2.45) is 11.5 Å². The van der Waals surface area contributed by atoms with Crippen LogP contribution >= 0.6 is 0 Å². The SMILES string of the molecule is NCCCC[C@H](N)C(=O)OC[C@H](O)C[C@H](O)[C@H](O)CO. The number of ether oxygens (including phenoxy) is 1. The number of unbranched alkanes of at least 4 members (excludes halogenated alkanes) is 1. The molecule has 8 heteroatoms. The third-order valence-corrected chi connectivity index (χ3v) is 2.83. The van der Waals surface area contributed by atoms with Gasteiger partial charge in [-0.3, -0.25) is 4.79 Å². The van der Waals surface area contributed by atoms with Crippen molar-refractivity contribution in [2.75, 3.05) is 19.8 Å². The first-order chi connectivity index (χ1) is 9.42. The lowest BCUT2D eigenvalue weighted by Gasteiger charge is -2.19. The average molecular weight is 294 g/mol. The van der Waals surface area contributed by atoms with Crippen molar-refractivity contribution < 1.29 is 30.0 Å². The fourth-order valence-corrected chi connectivity index (χ4v) is 1.54. The third-order valence-electron chi connectivity index (χ3n) is 2.83. The van der Waals surface area contributed by atoms with Crippen molar-refractivity contribution in [3.8, 4) is 0 Å². The molecule has 0 aliphatic rings. The van der Waals surface area contributed by atoms with Crippen molar-refractivity contribution >= 4 is 5.97 Å². The minimum Gasteiger partial charge on any atom is -0.462 e. The summed E-state index contributed by atoms with van der Waals surface area (Å²) in [6.07, 6.45) is -2.02. The summed E-state index contributed by atoms with van der Waals surface area (Å²) in [4.78, 5) is 11.5. The van der Waals surface area contributed by atoms with E-state index in [2.05, 4.69) is 0 Å². The van der Waals surface area contributed by atoms with E-state index in [0.717, 1.165) is 12.8 Å². The van der Waals surface area contributed by atoms with E-state index in [9.17, 15) is 15.0 Å². The Labute approximate surface area is 118 Å². The highest BCUT2D eigenvalue weighted by Crippen LogP contribution is 2.05. The molecule has 0 radical (unpaired) electrons. The zero-order valence-corrected chi connectivity index (χ0v) is 11.5. The van der Waals surface area contributed by atoms with Crippen molar-refractivity contribution in [3.05, 3.63) is 0 Å². The standard InChI is InChI=1S/C12H26N2O6/c13-4-2-1-3-9(14)12(19)20-7-8(16)5-10(17)11(18)6-15/h8-11,15-18H,1-7,13-14H2/t8-,9+,10+,11-/m1/s1. The van der Waals surface area contributed by atoms with Crippen LogP contribution in [0.1, 0.15) is 25.7 Å². The topological polar surface area (TPSA) is 159 Å². The van der Waals surface area contributed by atoms with E-state index < -0.39 is 36.9 Å². The molecule has 4 atom stereocenters. The molecule has 0 aromatic heterocycles. The second-order valence-electron chi connectivity index (χ2n) is 4.73. The van der Waals surface area contributed by atoms with Gasteiger partial charge in [-0.15, -0.1) is 0 Å². The van der Waals surface area contributed by atoms with E-state index in [1.807, 2.05) is 0 Å². The highest BCUT2D eigenvalue weighted by molar-refractivity contribution is 5.75. The predicted octanol–water partition coefficient (Wildman–Crippen LogP) is -2.55. The summed E-state index contributed by atoms with van der Waals surface area (Å²) < 4.78 is 4.81. The quantitative estimate of drug-likeness (QED) is 0.179. The largest absolute Gasteiger partial charge is 0.462 e. The van der Waals surface area contributed by atoms with Crippen molar-refractivity contribution in [3.63, 3.8) is 0 Å². The van der Waals surface area contributed by atoms with Crippen LogP contribution in [0, 0.1) is 0 Å². The van der Waals surface area contributed by atoms with Gasteiger partial charge in [-0.1, -0.05) is 6.42 Å². The maximum absolute atomic E-state index is 11.5. The molecule has 0 saturated heterocycles. The van der Waals surface area contributed by atoms with Gasteiger partial charge < -0.3 is 36.6 Å². The van der Waals surface area contributed by atoms with Crippen LogP contribution in [0.2, 0.25) is 0 Å². The molecular weight excluding hydrogens is 268 g/mol. The molecule has 0 heterocycles. The second kappa shape index (κ2) is 11.0. The number of esters is 1. The number of hydrogen-bond acceptors (Lipinski definition) is 8. The number of hydrogen-bond donors (Lipinski definition) is 6. The van der Waals surface area contributed by atoms with Gasteiger partial charge in [-0.2, -0.15) is 0 Å². The number of aliphatic hydroxyl groups is 4. The van der Waals surface area contributed by atoms with Crippen LogP contribution in [0.25, 0.3) is 0 Å². The molecular formula is C12H26N2O6. The fraction of sp³-hybridized carbons (Fsp3) is 0.917. The molecule has 0 bridgehead atoms. The van der Waals surface area contributed by atoms with E-state index in [-0.39, 0.29) is 13.0 Å². The minimum atomic E-state index is -1.33. The van der Waals surface area contributed by atoms with Gasteiger partial charge in [0.15, 0.2) is 0 Å². The van der Waals surface area contributed by atoms with Crippen LogP contribution in [-0.2, 0) is 9.53 Å². The van der Waals surface area contributed by atoms with Gasteiger partial charge in [0.1, 0.15) is 18.8 Å². The highest BCUT2D eigenvalue weighted by Gasteiger charge is 2.21. The van der Waals surface area contributed by atoms with Gasteiger partial charge in [0.25, 0.3) is 0 Å². The molecule has 0 unspecified atom stereocenters. The number of rotatable bonds is 11. The molecule has 0 spiro atoms. The van der Waals surface area contributed by atoms with Crippen molar-refractivity contribution in [2.45, 2.75) is 50.0 Å². The second-order valence-corrected chi connectivity index (χ2v) is 4.73. The molecule has 20 heavy (non-hydrogen) atoms. The zero-order chi connectivity index (χ0) is 15.5. The molecule has 0 amide bonds. The van der Waals surface area contributed by atoms with Gasteiger partial charge in [-0.05, 0) is 19.4 Å². The number of nitrogens with two attached hydrogens (primary N) is 2. The summed E-state index contributed by atoms with van der Waals surface area (Å²) in [5.41, 5.74) is 10.9. The molecule has 8 N–H and O–H groups in total. The van der Waals surface area contributed by atoms with E-state index in [1.54, 1.807) is 0 Å². The minimum absolute atomic E-state index is 0.211. The van der Waals surface area contributed by atoms with E-state index in [1.165, 1.54) is 0 Å². The van der Waals surface area contributed by atoms with Crippen LogP contribution in [0.15, 0.2) is 0 Å². The first-order valence-electron chi connectivity index (χ1n) is 6.69. The van der Waals surface area contributed by atoms with Gasteiger partial charge in [-0.25, -0.2) is 0 Å². The Hall–Kier alpha value is -0.770. The number of aliphatic hydroxyl groups excluding tert-OH is 4. The normalized spacial score (nSPS) is 17.3. The molecule has 0 aliphatic carbocycles. The highest BCUT2D eigenvalue weighted by atomic mass is 16.5. The first-order valence-corrected chi connectivity index (χ1v) is 6.69. The lowest BCUT2D eigenvalue weighted by Crippen LogP contribution is -2.37. The van der Waals surface area contributed by atoms with Crippen LogP contribution in [0.5, 0.6) is 0 Å². The van der Waals surface area contributed by atoms with Gasteiger partial charge in [0.05, 0.1) is 18.8 Å². The average Bonchev–Trinajstić information content (AvgIpc) is 2.43. The zero-order valence-electron chi connectivity index (χ0n) is 11.5. The summed E-state index contributed by atoms with van der Waals surface area (Å²) in [5.74, 6) is -0.627. The maximum Gasteiger partial charge on any atom is 0.322 e. The smallest absolute Gasteiger partial charge is 0.322 e. The van der Waals surface area contributed by atoms with E-state index in [0.29, 0.717) is 13.0 Å². The van der Waals surface area contributed by atoms with Crippen LogP contribution < -0.4 is 11.5 Å². The molecule has 0 rings (SSSR count). The van der Waals surface area contributed by atoms with Crippen molar-refractivity contribution in [1.29, 1.82) is 0 Å². The molecule has 0 aliphatic heterocycles. The Kier molecular flexibility index (Phi) is 10.5. The Morgan fingerprint density at radius 2 is 1.80 bits per heavy atom. The number of carbonyl (C=O) groups excluding carboxylic acids is 1. The molecule has 0 aromatic carbocycles. The van der Waals surface area contributed by atoms with Crippen LogP contribution in [-0.4, -0.2) is 70.5 Å². The summed E-state index contributed by atoms with van der Waals surface area (Å²) in [6, 6.07) is -0.762. The summed E-state index contributed by atoms with van der Waals surface area (Å²) in [5, 5.41) is 36.6. The molecule has 0 fully saturated rings. The molecule has 120 valence electrons. The maximum atomic E-state index is 11.5. The first kappa shape index (κ1) is 19.2. The predicted molar refractivity (Wildman–Crippen MR) is 71.6 cm³/mol. The Balaban J connectivity index is 3.87. The van der Waals surface area contributed by atoms with Gasteiger partial charge >= 0.3 is 5.97 Å². The Bertz CT molecular complexity index is 266. The van der Waals surface area contributed by atoms with Gasteiger partial charge in [0, 0.05) is 6.42 Å². The van der Waals surface area contributed by atoms with E-state index in [4.69, 9.17) is 26.4 Å². The molecule has 0 saturated carbocycles. The summed E-state index contributed by atoms with van der Waals surface area (Å²) in [6.45, 7) is -0.399. The summed E-state index contributed by atoms with van der Waals surface area (Å²) >= 11 is 0. The lowest BCUT2D eigenvalue weighted by atomic mass is 10.1. The van der Waals surface area contributed by atoms with Crippen LogP contribution in [0.4, 0.5) is 0 Å². The Morgan fingerprint density at radius 3 is 2.35 bits per heavy atom. The van der Waals surface area contributed by atoms with Crippen LogP contribution in [0.3, 0.4) is 0 Å². The third kappa shape index (κ3) is 8.41. The summed E-state index contributed by atoms with van der Waals surface area (Å²) in [7, 11) is 0. The fourth-order valence-electron chi connectivity index (χ4n) is 1.54. The van der Waals surface area contributed by atoms with Crippen molar-refractivity contribution in [1.82, 2.24) is 0 Å².